The first-order valence-corrected chi connectivity index (χ1v) is 7.32. The maximum Gasteiger partial charge on any atom is 0.0685 e. The normalized spacial score (nSPS) is 32.1. The van der Waals surface area contributed by atoms with Crippen LogP contribution in [0, 0.1) is 11.3 Å². The monoisotopic (exact) mass is 260 g/mol. The lowest BCUT2D eigenvalue weighted by Gasteiger charge is -2.58. The fourth-order valence-corrected chi connectivity index (χ4v) is 4.17. The second-order valence-corrected chi connectivity index (χ2v) is 6.56. The Morgan fingerprint density at radius 3 is 3.00 bits per heavy atom. The van der Waals surface area contributed by atoms with Crippen LogP contribution in [0.4, 0.5) is 0 Å². The molecule has 3 heteroatoms. The number of rotatable bonds is 4. The summed E-state index contributed by atoms with van der Waals surface area (Å²) in [5.41, 5.74) is 1.48. The molecule has 0 bridgehead atoms. The van der Waals surface area contributed by atoms with Crippen molar-refractivity contribution in [1.29, 1.82) is 0 Å². The number of fused-ring (bicyclic) bond motifs is 1. The number of hydrogen-bond donors (Lipinski definition) is 0. The smallest absolute Gasteiger partial charge is 0.0685 e. The number of likely N-dealkylation sites (N-methyl/N-ethyl adjacent to an activating group) is 1. The molecule has 1 aliphatic heterocycles. The van der Waals surface area contributed by atoms with Gasteiger partial charge in [-0.25, -0.2) is 0 Å². The zero-order valence-electron chi connectivity index (χ0n) is 12.2. The van der Waals surface area contributed by atoms with Crippen LogP contribution < -0.4 is 0 Å². The van der Waals surface area contributed by atoms with Gasteiger partial charge in [0.2, 0.25) is 0 Å². The van der Waals surface area contributed by atoms with E-state index in [1.807, 2.05) is 12.3 Å². The highest BCUT2D eigenvalue weighted by molar-refractivity contribution is 5.12. The summed E-state index contributed by atoms with van der Waals surface area (Å²) < 4.78 is 5.87. The molecule has 1 aromatic heterocycles. The second-order valence-electron chi connectivity index (χ2n) is 6.56. The molecule has 3 rings (SSSR count). The summed E-state index contributed by atoms with van der Waals surface area (Å²) in [6.45, 7) is 6.72. The van der Waals surface area contributed by atoms with E-state index in [4.69, 9.17) is 4.74 Å². The predicted molar refractivity (Wildman–Crippen MR) is 76.0 cm³/mol. The van der Waals surface area contributed by atoms with Crippen molar-refractivity contribution in [2.45, 2.75) is 38.8 Å². The Kier molecular flexibility index (Phi) is 3.35. The molecule has 0 spiro atoms. The Balaban J connectivity index is 1.60. The molecule has 19 heavy (non-hydrogen) atoms. The van der Waals surface area contributed by atoms with Crippen molar-refractivity contribution in [3.63, 3.8) is 0 Å². The van der Waals surface area contributed by atoms with Gasteiger partial charge in [0.05, 0.1) is 6.10 Å². The SMILES string of the molecule is CN(CCc1ccccn1)[C@@H]1[C@H]2CCO[C@@H]2C1(C)C. The number of pyridine rings is 1. The third kappa shape index (κ3) is 2.19. The predicted octanol–water partition coefficient (Wildman–Crippen LogP) is 2.37. The Hall–Kier alpha value is -0.930. The molecule has 104 valence electrons. The minimum atomic E-state index is 0.292. The first kappa shape index (κ1) is 13.1. The molecule has 0 amide bonds. The molecule has 0 radical (unpaired) electrons. The van der Waals surface area contributed by atoms with Crippen molar-refractivity contribution < 1.29 is 4.74 Å². The van der Waals surface area contributed by atoms with E-state index < -0.39 is 0 Å². The van der Waals surface area contributed by atoms with Gasteiger partial charge in [-0.05, 0) is 25.6 Å². The summed E-state index contributed by atoms with van der Waals surface area (Å²) in [6.07, 6.45) is 4.62. The third-order valence-electron chi connectivity index (χ3n) is 4.96. The van der Waals surface area contributed by atoms with Crippen molar-refractivity contribution in [3.05, 3.63) is 30.1 Å². The summed E-state index contributed by atoms with van der Waals surface area (Å²) in [6, 6.07) is 6.81. The molecule has 1 saturated heterocycles. The van der Waals surface area contributed by atoms with Crippen molar-refractivity contribution in [3.8, 4) is 0 Å². The fraction of sp³-hybridized carbons (Fsp3) is 0.688. The van der Waals surface area contributed by atoms with Gasteiger partial charge < -0.3 is 9.64 Å². The van der Waals surface area contributed by atoms with Gasteiger partial charge in [-0.15, -0.1) is 0 Å². The van der Waals surface area contributed by atoms with Crippen LogP contribution in [0.3, 0.4) is 0 Å². The number of hydrogen-bond acceptors (Lipinski definition) is 3. The lowest BCUT2D eigenvalue weighted by molar-refractivity contribution is -0.149. The topological polar surface area (TPSA) is 25.4 Å². The van der Waals surface area contributed by atoms with E-state index in [-0.39, 0.29) is 0 Å². The molecule has 3 atom stereocenters. The molecule has 1 aliphatic carbocycles. The first-order chi connectivity index (χ1) is 9.10. The van der Waals surface area contributed by atoms with E-state index in [9.17, 15) is 0 Å². The van der Waals surface area contributed by atoms with Gasteiger partial charge in [-0.3, -0.25) is 4.98 Å². The Bertz CT molecular complexity index is 432. The Labute approximate surface area is 116 Å². The maximum absolute atomic E-state index is 5.87. The van der Waals surface area contributed by atoms with Crippen molar-refractivity contribution in [2.75, 3.05) is 20.2 Å². The molecule has 2 fully saturated rings. The summed E-state index contributed by atoms with van der Waals surface area (Å²) in [4.78, 5) is 6.92. The van der Waals surface area contributed by atoms with E-state index in [0.29, 0.717) is 17.6 Å². The van der Waals surface area contributed by atoms with Gasteiger partial charge in [0.25, 0.3) is 0 Å². The average Bonchev–Trinajstić information content (AvgIpc) is 2.83. The zero-order chi connectivity index (χ0) is 13.5. The van der Waals surface area contributed by atoms with Gasteiger partial charge in [-0.2, -0.15) is 0 Å². The van der Waals surface area contributed by atoms with Crippen LogP contribution >= 0.6 is 0 Å². The standard InChI is InChI=1S/C16H24N2O/c1-16(2)14(13-8-11-19-15(13)16)18(3)10-7-12-6-4-5-9-17-12/h4-6,9,13-15H,7-8,10-11H2,1-3H3/t13-,14-,15+/m1/s1. The molecular weight excluding hydrogens is 236 g/mol. The largest absolute Gasteiger partial charge is 0.377 e. The molecular formula is C16H24N2O. The van der Waals surface area contributed by atoms with E-state index in [1.54, 1.807) is 0 Å². The fourth-order valence-electron chi connectivity index (χ4n) is 4.17. The summed E-state index contributed by atoms with van der Waals surface area (Å²) in [7, 11) is 2.25. The van der Waals surface area contributed by atoms with Gasteiger partial charge in [0.1, 0.15) is 0 Å². The molecule has 3 nitrogen and oxygen atoms in total. The number of ether oxygens (including phenoxy) is 1. The molecule has 2 heterocycles. The van der Waals surface area contributed by atoms with E-state index in [1.165, 1.54) is 12.1 Å². The van der Waals surface area contributed by atoms with Crippen LogP contribution in [-0.4, -0.2) is 42.2 Å². The third-order valence-corrected chi connectivity index (χ3v) is 4.96. The molecule has 2 aliphatic rings. The molecule has 1 aromatic rings. The lowest BCUT2D eigenvalue weighted by Crippen LogP contribution is -2.66. The lowest BCUT2D eigenvalue weighted by atomic mass is 9.57. The van der Waals surface area contributed by atoms with Gasteiger partial charge in [-0.1, -0.05) is 19.9 Å². The number of aromatic nitrogens is 1. The second kappa shape index (κ2) is 4.88. The number of nitrogens with zero attached hydrogens (tertiary/aromatic N) is 2. The highest BCUT2D eigenvalue weighted by Crippen LogP contribution is 2.54. The van der Waals surface area contributed by atoms with Crippen LogP contribution in [0.15, 0.2) is 24.4 Å². The average molecular weight is 260 g/mol. The van der Waals surface area contributed by atoms with E-state index in [0.717, 1.165) is 25.5 Å². The highest BCUT2D eigenvalue weighted by Gasteiger charge is 2.60. The van der Waals surface area contributed by atoms with Crippen LogP contribution in [0.25, 0.3) is 0 Å². The Morgan fingerprint density at radius 2 is 2.26 bits per heavy atom. The zero-order valence-corrected chi connectivity index (χ0v) is 12.2. The minimum Gasteiger partial charge on any atom is -0.377 e. The van der Waals surface area contributed by atoms with Crippen molar-refractivity contribution in [2.24, 2.45) is 11.3 Å². The van der Waals surface area contributed by atoms with Crippen molar-refractivity contribution in [1.82, 2.24) is 9.88 Å². The summed E-state index contributed by atoms with van der Waals surface area (Å²) in [5, 5.41) is 0. The van der Waals surface area contributed by atoms with Gasteiger partial charge in [0.15, 0.2) is 0 Å². The van der Waals surface area contributed by atoms with Crippen LogP contribution in [0.1, 0.15) is 26.0 Å². The quantitative estimate of drug-likeness (QED) is 0.831. The van der Waals surface area contributed by atoms with Gasteiger partial charge in [0, 0.05) is 48.8 Å². The van der Waals surface area contributed by atoms with Crippen LogP contribution in [0.2, 0.25) is 0 Å². The van der Waals surface area contributed by atoms with E-state index in [2.05, 4.69) is 42.9 Å². The maximum atomic E-state index is 5.87. The van der Waals surface area contributed by atoms with Crippen LogP contribution in [-0.2, 0) is 11.2 Å². The highest BCUT2D eigenvalue weighted by atomic mass is 16.5. The molecule has 0 N–H and O–H groups in total. The summed E-state index contributed by atoms with van der Waals surface area (Å²) in [5.74, 6) is 0.740. The van der Waals surface area contributed by atoms with Crippen LogP contribution in [0.5, 0.6) is 0 Å². The summed E-state index contributed by atoms with van der Waals surface area (Å²) >= 11 is 0. The minimum absolute atomic E-state index is 0.292. The molecule has 0 unspecified atom stereocenters. The Morgan fingerprint density at radius 1 is 1.42 bits per heavy atom. The van der Waals surface area contributed by atoms with Gasteiger partial charge >= 0.3 is 0 Å². The molecule has 0 aromatic carbocycles. The first-order valence-electron chi connectivity index (χ1n) is 7.32. The molecule has 1 saturated carbocycles. The van der Waals surface area contributed by atoms with E-state index >= 15 is 0 Å². The van der Waals surface area contributed by atoms with Crippen molar-refractivity contribution >= 4 is 0 Å².